The number of carbonyl (C=O) groups is 1. The van der Waals surface area contributed by atoms with Crippen LogP contribution in [0, 0.1) is 6.92 Å². The number of hydrogen-bond acceptors (Lipinski definition) is 2. The van der Waals surface area contributed by atoms with E-state index in [4.69, 9.17) is 0 Å². The van der Waals surface area contributed by atoms with Gasteiger partial charge in [0.25, 0.3) is 0 Å². The molecule has 1 heterocycles. The highest BCUT2D eigenvalue weighted by atomic mass is 16.1. The van der Waals surface area contributed by atoms with Gasteiger partial charge in [-0.05, 0) is 25.3 Å². The maximum atomic E-state index is 12.0. The average molecular weight is 271 g/mol. The minimum Gasteiger partial charge on any atom is -0.347 e. The first kappa shape index (κ1) is 14.3. The quantitative estimate of drug-likeness (QED) is 0.848. The summed E-state index contributed by atoms with van der Waals surface area (Å²) in [6, 6.07) is 8.27. The lowest BCUT2D eigenvalue weighted by Crippen LogP contribution is -2.29. The van der Waals surface area contributed by atoms with Gasteiger partial charge in [-0.3, -0.25) is 4.79 Å². The number of H-pyrrole nitrogens is 1. The zero-order chi connectivity index (χ0) is 14.4. The molecule has 1 aromatic carbocycles. The van der Waals surface area contributed by atoms with E-state index in [0.29, 0.717) is 6.42 Å². The standard InChI is InChI=1S/C16H21N3O/c1-3-14(16-17-10-11-18-16)19-15(20)9-8-13-6-4-12(2)5-7-13/h4-7,10-11,14H,3,8-9H2,1-2H3,(H,17,18)(H,19,20). The van der Waals surface area contributed by atoms with Crippen molar-refractivity contribution in [1.82, 2.24) is 15.3 Å². The predicted octanol–water partition coefficient (Wildman–Crippen LogP) is 2.92. The number of aromatic amines is 1. The number of carbonyl (C=O) groups excluding carboxylic acids is 1. The molecule has 0 fully saturated rings. The second-order valence-electron chi connectivity index (χ2n) is 4.99. The van der Waals surface area contributed by atoms with Crippen molar-refractivity contribution >= 4 is 5.91 Å². The van der Waals surface area contributed by atoms with E-state index in [9.17, 15) is 4.79 Å². The van der Waals surface area contributed by atoms with Gasteiger partial charge in [0.2, 0.25) is 5.91 Å². The third-order valence-electron chi connectivity index (χ3n) is 3.35. The van der Waals surface area contributed by atoms with Gasteiger partial charge in [0.15, 0.2) is 0 Å². The summed E-state index contributed by atoms with van der Waals surface area (Å²) < 4.78 is 0. The number of aromatic nitrogens is 2. The molecule has 0 spiro atoms. The second-order valence-corrected chi connectivity index (χ2v) is 4.99. The number of nitrogens with zero attached hydrogens (tertiary/aromatic N) is 1. The molecule has 4 nitrogen and oxygen atoms in total. The van der Waals surface area contributed by atoms with Crippen LogP contribution in [0.3, 0.4) is 0 Å². The molecule has 2 N–H and O–H groups in total. The highest BCUT2D eigenvalue weighted by Gasteiger charge is 2.14. The third kappa shape index (κ3) is 3.95. The molecule has 4 heteroatoms. The Balaban J connectivity index is 1.84. The van der Waals surface area contributed by atoms with E-state index in [1.807, 2.05) is 6.92 Å². The van der Waals surface area contributed by atoms with Gasteiger partial charge in [0.05, 0.1) is 6.04 Å². The summed E-state index contributed by atoms with van der Waals surface area (Å²) in [5.74, 6) is 0.880. The van der Waals surface area contributed by atoms with Crippen LogP contribution in [-0.2, 0) is 11.2 Å². The minimum atomic E-state index is -0.0319. The third-order valence-corrected chi connectivity index (χ3v) is 3.35. The van der Waals surface area contributed by atoms with Crippen molar-refractivity contribution in [3.63, 3.8) is 0 Å². The van der Waals surface area contributed by atoms with Crippen molar-refractivity contribution in [2.75, 3.05) is 0 Å². The highest BCUT2D eigenvalue weighted by molar-refractivity contribution is 5.76. The van der Waals surface area contributed by atoms with Crippen LogP contribution in [0.1, 0.15) is 42.8 Å². The molecule has 20 heavy (non-hydrogen) atoms. The lowest BCUT2D eigenvalue weighted by Gasteiger charge is -2.14. The molecular weight excluding hydrogens is 250 g/mol. The lowest BCUT2D eigenvalue weighted by atomic mass is 10.1. The van der Waals surface area contributed by atoms with Gasteiger partial charge in [-0.1, -0.05) is 36.8 Å². The van der Waals surface area contributed by atoms with Gasteiger partial charge < -0.3 is 10.3 Å². The summed E-state index contributed by atoms with van der Waals surface area (Å²) in [5, 5.41) is 3.02. The topological polar surface area (TPSA) is 57.8 Å². The van der Waals surface area contributed by atoms with E-state index in [0.717, 1.165) is 18.7 Å². The zero-order valence-corrected chi connectivity index (χ0v) is 12.0. The van der Waals surface area contributed by atoms with Gasteiger partial charge in [0, 0.05) is 18.8 Å². The maximum absolute atomic E-state index is 12.0. The number of imidazole rings is 1. The molecular formula is C16H21N3O. The summed E-state index contributed by atoms with van der Waals surface area (Å²) in [6.45, 7) is 4.10. The van der Waals surface area contributed by atoms with Crippen molar-refractivity contribution < 1.29 is 4.79 Å². The summed E-state index contributed by atoms with van der Waals surface area (Å²) >= 11 is 0. The second kappa shape index (κ2) is 6.89. The Bertz CT molecular complexity index is 531. The fourth-order valence-electron chi connectivity index (χ4n) is 2.11. The largest absolute Gasteiger partial charge is 0.347 e. The maximum Gasteiger partial charge on any atom is 0.220 e. The number of rotatable bonds is 6. The molecule has 0 aliphatic heterocycles. The molecule has 1 amide bonds. The van der Waals surface area contributed by atoms with Crippen molar-refractivity contribution in [3.05, 3.63) is 53.6 Å². The molecule has 0 aliphatic rings. The van der Waals surface area contributed by atoms with Crippen molar-refractivity contribution in [3.8, 4) is 0 Å². The molecule has 1 unspecified atom stereocenters. The Labute approximate surface area is 119 Å². The first-order valence-corrected chi connectivity index (χ1v) is 7.03. The van der Waals surface area contributed by atoms with Crippen molar-refractivity contribution in [2.24, 2.45) is 0 Å². The minimum absolute atomic E-state index is 0.0319. The summed E-state index contributed by atoms with van der Waals surface area (Å²) in [7, 11) is 0. The Kier molecular flexibility index (Phi) is 4.93. The molecule has 106 valence electrons. The van der Waals surface area contributed by atoms with Crippen LogP contribution in [-0.4, -0.2) is 15.9 Å². The summed E-state index contributed by atoms with van der Waals surface area (Å²) in [6.07, 6.45) is 5.57. The van der Waals surface area contributed by atoms with Gasteiger partial charge in [-0.25, -0.2) is 4.98 Å². The highest BCUT2D eigenvalue weighted by Crippen LogP contribution is 2.12. The Hall–Kier alpha value is -2.10. The van der Waals surface area contributed by atoms with Crippen LogP contribution in [0.2, 0.25) is 0 Å². The molecule has 2 aromatic rings. The van der Waals surface area contributed by atoms with Crippen LogP contribution in [0.5, 0.6) is 0 Å². The number of benzene rings is 1. The van der Waals surface area contributed by atoms with Crippen molar-refractivity contribution in [2.45, 2.75) is 39.2 Å². The van der Waals surface area contributed by atoms with Gasteiger partial charge in [0.1, 0.15) is 5.82 Å². The summed E-state index contributed by atoms with van der Waals surface area (Å²) in [4.78, 5) is 19.2. The van der Waals surface area contributed by atoms with E-state index in [1.165, 1.54) is 11.1 Å². The molecule has 0 saturated carbocycles. The van der Waals surface area contributed by atoms with Gasteiger partial charge >= 0.3 is 0 Å². The number of aryl methyl sites for hydroxylation is 2. The molecule has 0 bridgehead atoms. The van der Waals surface area contributed by atoms with E-state index in [2.05, 4.69) is 46.5 Å². The first-order chi connectivity index (χ1) is 9.69. The Morgan fingerprint density at radius 2 is 2.10 bits per heavy atom. The van der Waals surface area contributed by atoms with Crippen LogP contribution in [0.25, 0.3) is 0 Å². The van der Waals surface area contributed by atoms with E-state index < -0.39 is 0 Å². The van der Waals surface area contributed by atoms with Crippen LogP contribution < -0.4 is 5.32 Å². The van der Waals surface area contributed by atoms with Crippen LogP contribution in [0.15, 0.2) is 36.7 Å². The lowest BCUT2D eigenvalue weighted by molar-refractivity contribution is -0.121. The Morgan fingerprint density at radius 1 is 1.35 bits per heavy atom. The SMILES string of the molecule is CCC(NC(=O)CCc1ccc(C)cc1)c1ncc[nH]1. The average Bonchev–Trinajstić information content (AvgIpc) is 2.98. The Morgan fingerprint density at radius 3 is 2.70 bits per heavy atom. The molecule has 0 saturated heterocycles. The van der Waals surface area contributed by atoms with Crippen LogP contribution >= 0.6 is 0 Å². The predicted molar refractivity (Wildman–Crippen MR) is 79.3 cm³/mol. The summed E-state index contributed by atoms with van der Waals surface area (Å²) in [5.41, 5.74) is 2.43. The molecule has 0 radical (unpaired) electrons. The molecule has 0 aliphatic carbocycles. The fraction of sp³-hybridized carbons (Fsp3) is 0.375. The zero-order valence-electron chi connectivity index (χ0n) is 12.0. The van der Waals surface area contributed by atoms with E-state index >= 15 is 0 Å². The molecule has 1 atom stereocenters. The van der Waals surface area contributed by atoms with E-state index in [-0.39, 0.29) is 11.9 Å². The number of amides is 1. The normalized spacial score (nSPS) is 12.1. The molecule has 2 rings (SSSR count). The smallest absolute Gasteiger partial charge is 0.220 e. The van der Waals surface area contributed by atoms with Gasteiger partial charge in [-0.15, -0.1) is 0 Å². The van der Waals surface area contributed by atoms with Crippen molar-refractivity contribution in [1.29, 1.82) is 0 Å². The van der Waals surface area contributed by atoms with Crippen LogP contribution in [0.4, 0.5) is 0 Å². The van der Waals surface area contributed by atoms with E-state index in [1.54, 1.807) is 12.4 Å². The molecule has 1 aromatic heterocycles. The first-order valence-electron chi connectivity index (χ1n) is 7.03. The fourth-order valence-corrected chi connectivity index (χ4v) is 2.11. The van der Waals surface area contributed by atoms with Gasteiger partial charge in [-0.2, -0.15) is 0 Å². The number of nitrogens with one attached hydrogen (secondary N) is 2. The monoisotopic (exact) mass is 271 g/mol. The number of hydrogen-bond donors (Lipinski definition) is 2.